The molecule has 0 spiro atoms. The van der Waals surface area contributed by atoms with Gasteiger partial charge in [0.15, 0.2) is 0 Å². The quantitative estimate of drug-likeness (QED) is 0.882. The lowest BCUT2D eigenvalue weighted by molar-refractivity contribution is 0.0627. The molecule has 1 fully saturated rings. The van der Waals surface area contributed by atoms with E-state index < -0.39 is 0 Å². The first-order chi connectivity index (χ1) is 12.3. The number of nitrogens with two attached hydrogens (primary N) is 1. The minimum atomic E-state index is -0.196. The van der Waals surface area contributed by atoms with E-state index in [-0.39, 0.29) is 17.5 Å². The van der Waals surface area contributed by atoms with Gasteiger partial charge in [-0.3, -0.25) is 9.59 Å². The lowest BCUT2D eigenvalue weighted by Crippen LogP contribution is -2.47. The molecular weight excluding hydrogens is 350 g/mol. The van der Waals surface area contributed by atoms with Gasteiger partial charge in [0, 0.05) is 26.2 Å². The third-order valence-electron chi connectivity index (χ3n) is 5.09. The van der Waals surface area contributed by atoms with Gasteiger partial charge in [-0.15, -0.1) is 11.3 Å². The zero-order valence-electron chi connectivity index (χ0n) is 15.7. The maximum absolute atomic E-state index is 13.1. The molecule has 1 aliphatic heterocycles. The molecule has 2 aromatic rings. The number of thiazole rings is 1. The third kappa shape index (κ3) is 3.19. The molecular formula is C18H25N5O2S. The normalized spacial score (nSPS) is 17.6. The Morgan fingerprint density at radius 2 is 2.00 bits per heavy atom. The van der Waals surface area contributed by atoms with E-state index in [0.717, 1.165) is 37.1 Å². The number of carbonyl (C=O) groups is 1. The van der Waals surface area contributed by atoms with Crippen molar-refractivity contribution in [2.75, 3.05) is 13.1 Å². The van der Waals surface area contributed by atoms with Gasteiger partial charge in [0.25, 0.3) is 11.5 Å². The van der Waals surface area contributed by atoms with E-state index in [9.17, 15) is 9.59 Å². The Hall–Kier alpha value is -2.06. The second-order valence-corrected chi connectivity index (χ2v) is 7.83. The molecule has 140 valence electrons. The number of aryl methyl sites for hydroxylation is 3. The first-order valence-corrected chi connectivity index (χ1v) is 9.70. The van der Waals surface area contributed by atoms with E-state index in [1.807, 2.05) is 25.7 Å². The highest BCUT2D eigenvalue weighted by atomic mass is 32.1. The van der Waals surface area contributed by atoms with Crippen molar-refractivity contribution in [2.45, 2.75) is 46.1 Å². The van der Waals surface area contributed by atoms with Crippen LogP contribution in [0.3, 0.4) is 0 Å². The van der Waals surface area contributed by atoms with Crippen LogP contribution in [0.5, 0.6) is 0 Å². The zero-order valence-corrected chi connectivity index (χ0v) is 16.5. The summed E-state index contributed by atoms with van der Waals surface area (Å²) < 4.78 is 1.32. The van der Waals surface area contributed by atoms with Crippen LogP contribution >= 0.6 is 11.3 Å². The summed E-state index contributed by atoms with van der Waals surface area (Å²) in [6.45, 7) is 6.75. The molecule has 1 aliphatic rings. The van der Waals surface area contributed by atoms with Crippen molar-refractivity contribution in [3.63, 3.8) is 0 Å². The molecule has 2 N–H and O–H groups in total. The molecule has 1 amide bonds. The van der Waals surface area contributed by atoms with Crippen LogP contribution in [-0.4, -0.2) is 44.7 Å². The summed E-state index contributed by atoms with van der Waals surface area (Å²) in [6.07, 6.45) is 3.04. The van der Waals surface area contributed by atoms with Gasteiger partial charge < -0.3 is 10.6 Å². The Labute approximate surface area is 156 Å². The number of amides is 1. The molecule has 1 atom stereocenters. The summed E-state index contributed by atoms with van der Waals surface area (Å²) in [5.74, 6) is -0.0262. The summed E-state index contributed by atoms with van der Waals surface area (Å²) in [4.78, 5) is 32.7. The van der Waals surface area contributed by atoms with Crippen LogP contribution in [0.1, 0.15) is 45.9 Å². The van der Waals surface area contributed by atoms with E-state index in [0.29, 0.717) is 27.7 Å². The molecule has 8 heteroatoms. The van der Waals surface area contributed by atoms with E-state index >= 15 is 0 Å². The Morgan fingerprint density at radius 1 is 1.27 bits per heavy atom. The molecule has 26 heavy (non-hydrogen) atoms. The van der Waals surface area contributed by atoms with Gasteiger partial charge in [-0.05, 0) is 45.6 Å². The molecule has 3 heterocycles. The number of rotatable bonds is 3. The van der Waals surface area contributed by atoms with E-state index in [1.54, 1.807) is 7.05 Å². The van der Waals surface area contributed by atoms with Crippen molar-refractivity contribution in [1.29, 1.82) is 0 Å². The molecule has 3 rings (SSSR count). The maximum atomic E-state index is 13.1. The maximum Gasteiger partial charge on any atom is 0.277 e. The predicted molar refractivity (Wildman–Crippen MR) is 103 cm³/mol. The molecule has 0 saturated carbocycles. The Kier molecular flexibility index (Phi) is 5.24. The van der Waals surface area contributed by atoms with Crippen molar-refractivity contribution in [3.05, 3.63) is 32.2 Å². The van der Waals surface area contributed by atoms with Crippen LogP contribution in [-0.2, 0) is 7.05 Å². The standard InChI is InChI=1S/C18H25N5O2S/c1-10-11(2)21-22(4)17(24)14(10)16-20-12(3)15(26-16)18(25)23-8-6-5-7-13(23)9-19/h13H,5-9,19H2,1-4H3. The number of carbonyl (C=O) groups excluding carboxylic acids is 1. The fraction of sp³-hybridized carbons (Fsp3) is 0.556. The average Bonchev–Trinajstić information content (AvgIpc) is 3.01. The van der Waals surface area contributed by atoms with Crippen molar-refractivity contribution in [3.8, 4) is 10.6 Å². The van der Waals surface area contributed by atoms with Crippen molar-refractivity contribution >= 4 is 17.2 Å². The lowest BCUT2D eigenvalue weighted by Gasteiger charge is -2.34. The first kappa shape index (κ1) is 18.7. The number of aromatic nitrogens is 3. The highest BCUT2D eigenvalue weighted by molar-refractivity contribution is 7.17. The lowest BCUT2D eigenvalue weighted by atomic mass is 10.0. The third-order valence-corrected chi connectivity index (χ3v) is 6.25. The minimum absolute atomic E-state index is 0.0262. The molecule has 1 saturated heterocycles. The number of nitrogens with zero attached hydrogens (tertiary/aromatic N) is 4. The van der Waals surface area contributed by atoms with Gasteiger partial charge in [-0.2, -0.15) is 5.10 Å². The second kappa shape index (κ2) is 7.28. The van der Waals surface area contributed by atoms with Gasteiger partial charge in [0.2, 0.25) is 0 Å². The summed E-state index contributed by atoms with van der Waals surface area (Å²) >= 11 is 1.29. The summed E-state index contributed by atoms with van der Waals surface area (Å²) in [6, 6.07) is 0.0824. The smallest absolute Gasteiger partial charge is 0.277 e. The van der Waals surface area contributed by atoms with E-state index in [2.05, 4.69) is 10.1 Å². The van der Waals surface area contributed by atoms with Crippen LogP contribution in [0.2, 0.25) is 0 Å². The highest BCUT2D eigenvalue weighted by Crippen LogP contribution is 2.30. The van der Waals surface area contributed by atoms with Gasteiger partial charge in [-0.25, -0.2) is 9.67 Å². The highest BCUT2D eigenvalue weighted by Gasteiger charge is 2.30. The molecule has 0 bridgehead atoms. The van der Waals surface area contributed by atoms with Crippen LogP contribution in [0.15, 0.2) is 4.79 Å². The summed E-state index contributed by atoms with van der Waals surface area (Å²) in [5.41, 5.74) is 8.44. The van der Waals surface area contributed by atoms with Gasteiger partial charge in [0.05, 0.1) is 17.0 Å². The fourth-order valence-corrected chi connectivity index (χ4v) is 4.56. The van der Waals surface area contributed by atoms with Gasteiger partial charge >= 0.3 is 0 Å². The topological polar surface area (TPSA) is 94.1 Å². The monoisotopic (exact) mass is 375 g/mol. The van der Waals surface area contributed by atoms with Gasteiger partial charge in [-0.1, -0.05) is 0 Å². The number of hydrogen-bond donors (Lipinski definition) is 1. The number of likely N-dealkylation sites (tertiary alicyclic amines) is 1. The fourth-order valence-electron chi connectivity index (χ4n) is 3.45. The number of piperidine rings is 1. The average molecular weight is 375 g/mol. The SMILES string of the molecule is Cc1nc(-c2c(C)c(C)nn(C)c2=O)sc1C(=O)N1CCCCC1CN. The molecule has 2 aromatic heterocycles. The first-order valence-electron chi connectivity index (χ1n) is 8.88. The van der Waals surface area contributed by atoms with Gasteiger partial charge in [0.1, 0.15) is 9.88 Å². The van der Waals surface area contributed by atoms with Crippen molar-refractivity contribution < 1.29 is 4.79 Å². The van der Waals surface area contributed by atoms with Crippen molar-refractivity contribution in [2.24, 2.45) is 12.8 Å². The van der Waals surface area contributed by atoms with E-state index in [4.69, 9.17) is 5.73 Å². The van der Waals surface area contributed by atoms with Crippen molar-refractivity contribution in [1.82, 2.24) is 19.7 Å². The molecule has 0 aliphatic carbocycles. The second-order valence-electron chi connectivity index (χ2n) is 6.83. The van der Waals surface area contributed by atoms with Crippen LogP contribution in [0.25, 0.3) is 10.6 Å². The molecule has 0 radical (unpaired) electrons. The summed E-state index contributed by atoms with van der Waals surface area (Å²) in [7, 11) is 1.63. The van der Waals surface area contributed by atoms with Crippen LogP contribution < -0.4 is 11.3 Å². The molecule has 1 unspecified atom stereocenters. The summed E-state index contributed by atoms with van der Waals surface area (Å²) in [5, 5.41) is 4.79. The zero-order chi connectivity index (χ0) is 19.0. The molecule has 0 aromatic carbocycles. The van der Waals surface area contributed by atoms with Crippen LogP contribution in [0, 0.1) is 20.8 Å². The van der Waals surface area contributed by atoms with E-state index in [1.165, 1.54) is 16.0 Å². The molecule has 7 nitrogen and oxygen atoms in total. The van der Waals surface area contributed by atoms with Crippen LogP contribution in [0.4, 0.5) is 0 Å². The number of hydrogen-bond acceptors (Lipinski definition) is 6. The predicted octanol–water partition coefficient (Wildman–Crippen LogP) is 1.78. The largest absolute Gasteiger partial charge is 0.334 e. The Balaban J connectivity index is 2.03. The Bertz CT molecular complexity index is 902. The minimum Gasteiger partial charge on any atom is -0.334 e. The Morgan fingerprint density at radius 3 is 2.69 bits per heavy atom.